The number of hydrogen-bond acceptors (Lipinski definition) is 5. The number of ether oxygens (including phenoxy) is 2. The van der Waals surface area contributed by atoms with Gasteiger partial charge in [0.25, 0.3) is 0 Å². The van der Waals surface area contributed by atoms with Crippen molar-refractivity contribution in [2.45, 2.75) is 31.4 Å². The predicted octanol–water partition coefficient (Wildman–Crippen LogP) is 2.58. The van der Waals surface area contributed by atoms with Crippen molar-refractivity contribution in [2.24, 2.45) is 0 Å². The fraction of sp³-hybridized carbons (Fsp3) is 0.588. The maximum atomic E-state index is 12.1. The van der Waals surface area contributed by atoms with E-state index in [0.29, 0.717) is 18.2 Å². The van der Waals surface area contributed by atoms with Crippen LogP contribution in [-0.4, -0.2) is 51.5 Å². The van der Waals surface area contributed by atoms with Gasteiger partial charge in [-0.15, -0.1) is 0 Å². The van der Waals surface area contributed by atoms with Crippen LogP contribution in [0.25, 0.3) is 0 Å². The first-order valence-corrected chi connectivity index (χ1v) is 8.94. The molecule has 0 radical (unpaired) electrons. The van der Waals surface area contributed by atoms with Crippen molar-refractivity contribution in [1.29, 1.82) is 0 Å². The van der Waals surface area contributed by atoms with Gasteiger partial charge in [0.2, 0.25) is 0 Å². The van der Waals surface area contributed by atoms with E-state index in [1.54, 1.807) is 0 Å². The van der Waals surface area contributed by atoms with Gasteiger partial charge in [0.1, 0.15) is 0 Å². The number of halogens is 1. The molecule has 1 atom stereocenters. The van der Waals surface area contributed by atoms with E-state index in [1.807, 2.05) is 18.2 Å². The van der Waals surface area contributed by atoms with E-state index in [4.69, 9.17) is 9.47 Å². The Labute approximate surface area is 145 Å². The average Bonchev–Trinajstić information content (AvgIpc) is 2.53. The lowest BCUT2D eigenvalue weighted by Crippen LogP contribution is -2.49. The molecule has 1 N–H and O–H groups in total. The number of hydrogen-bond donors (Lipinski definition) is 1. The maximum Gasteiger partial charge on any atom is 0.340 e. The van der Waals surface area contributed by atoms with Crippen LogP contribution in [0, 0.1) is 0 Å². The van der Waals surface area contributed by atoms with Gasteiger partial charge in [-0.1, -0.05) is 22.4 Å². The first-order valence-electron chi connectivity index (χ1n) is 8.15. The summed E-state index contributed by atoms with van der Waals surface area (Å²) in [6.07, 6.45) is 4.03. The summed E-state index contributed by atoms with van der Waals surface area (Å²) in [6.45, 7) is 3.11. The van der Waals surface area contributed by atoms with Crippen molar-refractivity contribution in [3.8, 4) is 0 Å². The van der Waals surface area contributed by atoms with Crippen LogP contribution < -0.4 is 10.2 Å². The number of nitrogens with zero attached hydrogens (tertiary/aromatic N) is 1. The molecule has 23 heavy (non-hydrogen) atoms. The highest BCUT2D eigenvalue weighted by molar-refractivity contribution is 9.10. The molecule has 6 heteroatoms. The highest BCUT2D eigenvalue weighted by atomic mass is 79.9. The molecule has 2 fully saturated rings. The second-order valence-corrected chi connectivity index (χ2v) is 7.04. The summed E-state index contributed by atoms with van der Waals surface area (Å²) in [7, 11) is 1.41. The van der Waals surface area contributed by atoms with E-state index in [9.17, 15) is 4.79 Å². The van der Waals surface area contributed by atoms with Crippen LogP contribution in [0.1, 0.15) is 29.6 Å². The molecule has 1 aromatic rings. The number of nitrogens with one attached hydrogen (secondary N) is 1. The van der Waals surface area contributed by atoms with Gasteiger partial charge in [0.15, 0.2) is 0 Å². The molecule has 126 valence electrons. The normalized spacial score (nSPS) is 21.8. The van der Waals surface area contributed by atoms with E-state index in [0.717, 1.165) is 29.8 Å². The summed E-state index contributed by atoms with van der Waals surface area (Å²) >= 11 is 3.42. The Kier molecular flexibility index (Phi) is 5.56. The summed E-state index contributed by atoms with van der Waals surface area (Å²) in [6, 6.07) is 6.40. The number of carbonyl (C=O) groups excluding carboxylic acids is 1. The van der Waals surface area contributed by atoms with E-state index in [2.05, 4.69) is 26.1 Å². The zero-order chi connectivity index (χ0) is 16.2. The van der Waals surface area contributed by atoms with E-state index in [1.165, 1.54) is 26.4 Å². The SMILES string of the molecule is COC(=O)c1cc(Br)ccc1N1CCOC(CNC2CCC2)C1. The minimum absolute atomic E-state index is 0.151. The van der Waals surface area contributed by atoms with Gasteiger partial charge >= 0.3 is 5.97 Å². The van der Waals surface area contributed by atoms with Gasteiger partial charge in [0, 0.05) is 30.1 Å². The van der Waals surface area contributed by atoms with Crippen LogP contribution in [-0.2, 0) is 9.47 Å². The van der Waals surface area contributed by atoms with Gasteiger partial charge in [-0.3, -0.25) is 0 Å². The molecular formula is C17H23BrN2O3. The number of anilines is 1. The molecule has 1 aliphatic heterocycles. The molecule has 1 aliphatic carbocycles. The quantitative estimate of drug-likeness (QED) is 0.793. The first-order chi connectivity index (χ1) is 11.2. The van der Waals surface area contributed by atoms with E-state index >= 15 is 0 Å². The number of morpholine rings is 1. The van der Waals surface area contributed by atoms with Gasteiger partial charge < -0.3 is 19.7 Å². The van der Waals surface area contributed by atoms with Crippen molar-refractivity contribution < 1.29 is 14.3 Å². The molecule has 0 aromatic heterocycles. The van der Waals surface area contributed by atoms with Crippen LogP contribution in [0.2, 0.25) is 0 Å². The molecule has 1 heterocycles. The Hall–Kier alpha value is -1.11. The van der Waals surface area contributed by atoms with Crippen molar-refractivity contribution in [1.82, 2.24) is 5.32 Å². The largest absolute Gasteiger partial charge is 0.465 e. The first kappa shape index (κ1) is 16.7. The zero-order valence-corrected chi connectivity index (χ0v) is 15.0. The number of methoxy groups -OCH3 is 1. The van der Waals surface area contributed by atoms with Gasteiger partial charge in [-0.25, -0.2) is 4.79 Å². The van der Waals surface area contributed by atoms with E-state index < -0.39 is 0 Å². The fourth-order valence-corrected chi connectivity index (χ4v) is 3.39. The predicted molar refractivity (Wildman–Crippen MR) is 93.1 cm³/mol. The second-order valence-electron chi connectivity index (χ2n) is 6.13. The average molecular weight is 383 g/mol. The molecule has 3 rings (SSSR count). The summed E-state index contributed by atoms with van der Waals surface area (Å²) in [4.78, 5) is 14.3. The van der Waals surface area contributed by atoms with Gasteiger partial charge in [-0.05, 0) is 31.0 Å². The molecule has 0 spiro atoms. The Morgan fingerprint density at radius 1 is 1.48 bits per heavy atom. The maximum absolute atomic E-state index is 12.1. The Balaban J connectivity index is 1.68. The second kappa shape index (κ2) is 7.64. The summed E-state index contributed by atoms with van der Waals surface area (Å²) in [5, 5.41) is 3.57. The minimum atomic E-state index is -0.308. The van der Waals surface area contributed by atoms with Crippen LogP contribution in [0.3, 0.4) is 0 Å². The molecule has 1 unspecified atom stereocenters. The third kappa shape index (κ3) is 4.05. The number of carbonyl (C=O) groups is 1. The Bertz CT molecular complexity index is 563. The molecular weight excluding hydrogens is 360 g/mol. The van der Waals surface area contributed by atoms with Crippen molar-refractivity contribution >= 4 is 27.6 Å². The fourth-order valence-electron chi connectivity index (χ4n) is 3.03. The summed E-state index contributed by atoms with van der Waals surface area (Å²) in [5.41, 5.74) is 1.51. The Morgan fingerprint density at radius 3 is 3.00 bits per heavy atom. The molecule has 2 aliphatic rings. The van der Waals surface area contributed by atoms with Crippen LogP contribution >= 0.6 is 15.9 Å². The lowest BCUT2D eigenvalue weighted by Gasteiger charge is -2.37. The molecule has 0 bridgehead atoms. The van der Waals surface area contributed by atoms with Gasteiger partial charge in [0.05, 0.1) is 31.1 Å². The van der Waals surface area contributed by atoms with Crippen molar-refractivity contribution in [3.05, 3.63) is 28.2 Å². The topological polar surface area (TPSA) is 50.8 Å². The monoisotopic (exact) mass is 382 g/mol. The third-order valence-electron chi connectivity index (χ3n) is 4.58. The standard InChI is InChI=1S/C17H23BrN2O3/c1-22-17(21)15-9-12(18)5-6-16(15)20-7-8-23-14(11-20)10-19-13-3-2-4-13/h5-6,9,13-14,19H,2-4,7-8,10-11H2,1H3. The van der Waals surface area contributed by atoms with Crippen molar-refractivity contribution in [3.63, 3.8) is 0 Å². The summed E-state index contributed by atoms with van der Waals surface area (Å²) in [5.74, 6) is -0.308. The minimum Gasteiger partial charge on any atom is -0.465 e. The molecule has 1 saturated heterocycles. The van der Waals surface area contributed by atoms with Crippen molar-refractivity contribution in [2.75, 3.05) is 38.3 Å². The van der Waals surface area contributed by atoms with Crippen LogP contribution in [0.4, 0.5) is 5.69 Å². The highest BCUT2D eigenvalue weighted by Gasteiger charge is 2.26. The third-order valence-corrected chi connectivity index (χ3v) is 5.08. The smallest absolute Gasteiger partial charge is 0.340 e. The van der Waals surface area contributed by atoms with Crippen LogP contribution in [0.15, 0.2) is 22.7 Å². The lowest BCUT2D eigenvalue weighted by atomic mass is 9.93. The molecule has 5 nitrogen and oxygen atoms in total. The summed E-state index contributed by atoms with van der Waals surface area (Å²) < 4.78 is 11.7. The Morgan fingerprint density at radius 2 is 2.30 bits per heavy atom. The number of benzene rings is 1. The molecule has 0 amide bonds. The number of rotatable bonds is 5. The zero-order valence-electron chi connectivity index (χ0n) is 13.4. The molecule has 1 saturated carbocycles. The lowest BCUT2D eigenvalue weighted by molar-refractivity contribution is 0.0369. The molecule has 1 aromatic carbocycles. The van der Waals surface area contributed by atoms with Crippen LogP contribution in [0.5, 0.6) is 0 Å². The highest BCUT2D eigenvalue weighted by Crippen LogP contribution is 2.27. The van der Waals surface area contributed by atoms with Gasteiger partial charge in [-0.2, -0.15) is 0 Å². The van der Waals surface area contributed by atoms with E-state index in [-0.39, 0.29) is 12.1 Å². The number of esters is 1.